The molecule has 1 aliphatic heterocycles. The Balaban J connectivity index is 1.47. The van der Waals surface area contributed by atoms with Crippen LogP contribution in [0.2, 0.25) is 0 Å². The lowest BCUT2D eigenvalue weighted by Crippen LogP contribution is -2.36. The van der Waals surface area contributed by atoms with E-state index in [-0.39, 0.29) is 10.1 Å². The summed E-state index contributed by atoms with van der Waals surface area (Å²) in [6.07, 6.45) is 0. The van der Waals surface area contributed by atoms with Gasteiger partial charge in [0.25, 0.3) is 15.9 Å². The van der Waals surface area contributed by atoms with Gasteiger partial charge in [0.1, 0.15) is 4.21 Å². The van der Waals surface area contributed by atoms with Crippen molar-refractivity contribution in [3.05, 3.63) is 71.6 Å². The Hall–Kier alpha value is -2.88. The van der Waals surface area contributed by atoms with E-state index < -0.39 is 10.0 Å². The van der Waals surface area contributed by atoms with E-state index in [2.05, 4.69) is 14.9 Å². The molecule has 0 aliphatic carbocycles. The number of nitrogens with zero attached hydrogens (tertiary/aromatic N) is 1. The molecule has 0 bridgehead atoms. The van der Waals surface area contributed by atoms with Crippen LogP contribution in [0.3, 0.4) is 0 Å². The average molecular weight is 444 g/mol. The van der Waals surface area contributed by atoms with Crippen LogP contribution in [-0.2, 0) is 14.8 Å². The van der Waals surface area contributed by atoms with Gasteiger partial charge in [-0.3, -0.25) is 9.52 Å². The molecule has 0 unspecified atom stereocenters. The van der Waals surface area contributed by atoms with Crippen molar-refractivity contribution < 1.29 is 17.9 Å². The summed E-state index contributed by atoms with van der Waals surface area (Å²) in [6.45, 7) is 2.99. The first-order valence-corrected chi connectivity index (χ1v) is 11.8. The lowest BCUT2D eigenvalue weighted by atomic mass is 10.2. The summed E-state index contributed by atoms with van der Waals surface area (Å²) in [6, 6.07) is 17.3. The normalized spacial score (nSPS) is 14.3. The van der Waals surface area contributed by atoms with Gasteiger partial charge in [-0.15, -0.1) is 11.3 Å². The van der Waals surface area contributed by atoms with E-state index in [0.29, 0.717) is 30.2 Å². The minimum atomic E-state index is -3.67. The van der Waals surface area contributed by atoms with Gasteiger partial charge < -0.3 is 15.0 Å². The molecule has 7 nitrogen and oxygen atoms in total. The Morgan fingerprint density at radius 2 is 1.73 bits per heavy atom. The molecule has 1 aromatic heterocycles. The topological polar surface area (TPSA) is 87.7 Å². The Bertz CT molecular complexity index is 1120. The molecule has 30 heavy (non-hydrogen) atoms. The van der Waals surface area contributed by atoms with Crippen LogP contribution in [0.25, 0.3) is 0 Å². The molecule has 1 aliphatic rings. The molecule has 1 fully saturated rings. The van der Waals surface area contributed by atoms with E-state index >= 15 is 0 Å². The third kappa shape index (κ3) is 4.81. The number of carbonyl (C=O) groups is 1. The van der Waals surface area contributed by atoms with Crippen molar-refractivity contribution in [1.29, 1.82) is 0 Å². The summed E-state index contributed by atoms with van der Waals surface area (Å²) in [7, 11) is -3.67. The number of thiophene rings is 1. The standard InChI is InChI=1S/C21H21N3O4S2/c25-21(22-17-5-2-7-19(15-17)24-9-11-28-12-10-24)16-4-1-6-18(14-16)23-30(26,27)20-8-3-13-29-20/h1-8,13-15,23H,9-12H2,(H,22,25). The highest BCUT2D eigenvalue weighted by atomic mass is 32.2. The number of anilines is 3. The zero-order chi connectivity index (χ0) is 21.0. The van der Waals surface area contributed by atoms with Crippen LogP contribution < -0.4 is 14.9 Å². The molecule has 0 saturated carbocycles. The number of ether oxygens (including phenoxy) is 1. The molecule has 2 heterocycles. The molecular weight excluding hydrogens is 422 g/mol. The highest BCUT2D eigenvalue weighted by molar-refractivity contribution is 7.94. The minimum Gasteiger partial charge on any atom is -0.378 e. The molecule has 156 valence electrons. The fourth-order valence-corrected chi connectivity index (χ4v) is 5.19. The van der Waals surface area contributed by atoms with Gasteiger partial charge in [0.15, 0.2) is 0 Å². The van der Waals surface area contributed by atoms with Crippen molar-refractivity contribution in [2.45, 2.75) is 4.21 Å². The molecule has 2 N–H and O–H groups in total. The molecule has 3 aromatic rings. The summed E-state index contributed by atoms with van der Waals surface area (Å²) in [5.41, 5.74) is 2.39. The molecule has 0 atom stereocenters. The Labute approximate surface area is 179 Å². The van der Waals surface area contributed by atoms with Crippen molar-refractivity contribution in [2.24, 2.45) is 0 Å². The maximum atomic E-state index is 12.7. The van der Waals surface area contributed by atoms with Crippen LogP contribution in [0, 0.1) is 0 Å². The van der Waals surface area contributed by atoms with Gasteiger partial charge in [0.2, 0.25) is 0 Å². The number of benzene rings is 2. The maximum absolute atomic E-state index is 12.7. The van der Waals surface area contributed by atoms with Crippen LogP contribution in [0.15, 0.2) is 70.3 Å². The van der Waals surface area contributed by atoms with Gasteiger partial charge in [-0.05, 0) is 47.8 Å². The number of hydrogen-bond acceptors (Lipinski definition) is 6. The first kappa shape index (κ1) is 20.4. The van der Waals surface area contributed by atoms with Crippen LogP contribution in [0.5, 0.6) is 0 Å². The van der Waals surface area contributed by atoms with Gasteiger partial charge in [0.05, 0.1) is 13.2 Å². The van der Waals surface area contributed by atoms with E-state index in [1.165, 1.54) is 12.1 Å². The summed E-state index contributed by atoms with van der Waals surface area (Å²) in [5.74, 6) is -0.314. The minimum absolute atomic E-state index is 0.220. The Kier molecular flexibility index (Phi) is 6.03. The van der Waals surface area contributed by atoms with Gasteiger partial charge in [-0.25, -0.2) is 8.42 Å². The summed E-state index contributed by atoms with van der Waals surface area (Å²) in [5, 5.41) is 4.58. The number of rotatable bonds is 6. The maximum Gasteiger partial charge on any atom is 0.271 e. The van der Waals surface area contributed by atoms with Gasteiger partial charge in [0, 0.05) is 35.7 Å². The van der Waals surface area contributed by atoms with Crippen LogP contribution >= 0.6 is 11.3 Å². The molecule has 0 spiro atoms. The SMILES string of the molecule is O=C(Nc1cccc(N2CCOCC2)c1)c1cccc(NS(=O)(=O)c2cccs2)c1. The molecule has 9 heteroatoms. The number of morpholine rings is 1. The molecule has 4 rings (SSSR count). The lowest BCUT2D eigenvalue weighted by molar-refractivity contribution is 0.102. The van der Waals surface area contributed by atoms with E-state index in [4.69, 9.17) is 4.74 Å². The lowest BCUT2D eigenvalue weighted by Gasteiger charge is -2.29. The third-order valence-corrected chi connectivity index (χ3v) is 7.40. The van der Waals surface area contributed by atoms with Crippen molar-refractivity contribution in [3.63, 3.8) is 0 Å². The van der Waals surface area contributed by atoms with Gasteiger partial charge in [-0.1, -0.05) is 18.2 Å². The largest absolute Gasteiger partial charge is 0.378 e. The second kappa shape index (κ2) is 8.86. The van der Waals surface area contributed by atoms with E-state index in [1.807, 2.05) is 24.3 Å². The van der Waals surface area contributed by atoms with Gasteiger partial charge >= 0.3 is 0 Å². The first-order chi connectivity index (χ1) is 14.5. The number of sulfonamides is 1. The second-order valence-corrected chi connectivity index (χ2v) is 9.58. The fraction of sp³-hybridized carbons (Fsp3) is 0.190. The molecule has 0 radical (unpaired) electrons. The van der Waals surface area contributed by atoms with Crippen LogP contribution in [-0.4, -0.2) is 40.6 Å². The van der Waals surface area contributed by atoms with Crippen LogP contribution in [0.4, 0.5) is 17.1 Å². The smallest absolute Gasteiger partial charge is 0.271 e. The highest BCUT2D eigenvalue weighted by Gasteiger charge is 2.16. The van der Waals surface area contributed by atoms with Crippen molar-refractivity contribution in [2.75, 3.05) is 41.2 Å². The van der Waals surface area contributed by atoms with Crippen molar-refractivity contribution >= 4 is 44.3 Å². The molecular formula is C21H21N3O4S2. The van der Waals surface area contributed by atoms with E-state index in [9.17, 15) is 13.2 Å². The Morgan fingerprint density at radius 3 is 2.50 bits per heavy atom. The summed E-state index contributed by atoms with van der Waals surface area (Å²) < 4.78 is 32.9. The predicted octanol–water partition coefficient (Wildman–Crippen LogP) is 3.64. The van der Waals surface area contributed by atoms with E-state index in [0.717, 1.165) is 30.1 Å². The van der Waals surface area contributed by atoms with E-state index in [1.54, 1.807) is 29.6 Å². The first-order valence-electron chi connectivity index (χ1n) is 9.42. The number of nitrogens with one attached hydrogen (secondary N) is 2. The fourth-order valence-electron chi connectivity index (χ4n) is 3.15. The highest BCUT2D eigenvalue weighted by Crippen LogP contribution is 2.23. The molecule has 1 saturated heterocycles. The third-order valence-electron chi connectivity index (χ3n) is 4.62. The number of carbonyl (C=O) groups excluding carboxylic acids is 1. The van der Waals surface area contributed by atoms with Crippen LogP contribution in [0.1, 0.15) is 10.4 Å². The quantitative estimate of drug-likeness (QED) is 0.607. The monoisotopic (exact) mass is 443 g/mol. The zero-order valence-corrected chi connectivity index (χ0v) is 17.7. The molecule has 1 amide bonds. The zero-order valence-electron chi connectivity index (χ0n) is 16.1. The number of hydrogen-bond donors (Lipinski definition) is 2. The summed E-state index contributed by atoms with van der Waals surface area (Å²) in [4.78, 5) is 14.9. The predicted molar refractivity (Wildman–Crippen MR) is 119 cm³/mol. The number of amides is 1. The Morgan fingerprint density at radius 1 is 0.967 bits per heavy atom. The summed E-state index contributed by atoms with van der Waals surface area (Å²) >= 11 is 1.13. The second-order valence-electron chi connectivity index (χ2n) is 6.72. The van der Waals surface area contributed by atoms with Crippen molar-refractivity contribution in [3.8, 4) is 0 Å². The van der Waals surface area contributed by atoms with Gasteiger partial charge in [-0.2, -0.15) is 0 Å². The average Bonchev–Trinajstić information content (AvgIpc) is 3.31. The van der Waals surface area contributed by atoms with Crippen molar-refractivity contribution in [1.82, 2.24) is 0 Å². The molecule has 2 aromatic carbocycles.